The van der Waals surface area contributed by atoms with E-state index in [4.69, 9.17) is 37.0 Å². The van der Waals surface area contributed by atoms with Crippen molar-refractivity contribution in [3.05, 3.63) is 65.7 Å². The molecular weight excluding hydrogens is 572 g/mol. The van der Waals surface area contributed by atoms with E-state index >= 15 is 0 Å². The van der Waals surface area contributed by atoms with Crippen LogP contribution in [0.3, 0.4) is 0 Å². The summed E-state index contributed by atoms with van der Waals surface area (Å²) >= 11 is 1.60. The fourth-order valence-corrected chi connectivity index (χ4v) is 3.13. The Labute approximate surface area is 247 Å². The molecule has 0 fully saturated rings. The average Bonchev–Trinajstić information content (AvgIpc) is 2.93. The number of aliphatic carboxylic acids is 4. The molecule has 0 heterocycles. The van der Waals surface area contributed by atoms with Gasteiger partial charge in [-0.3, -0.25) is 19.2 Å². The molecule has 0 aliphatic heterocycles. The number of aromatic hydroxyl groups is 1. The Bertz CT molecular complexity index is 1090. The monoisotopic (exact) mass is 612 g/mol. The molecule has 0 saturated heterocycles. The minimum absolute atomic E-state index is 0.121. The van der Waals surface area contributed by atoms with Crippen LogP contribution in [0.1, 0.15) is 24.5 Å². The third kappa shape index (κ3) is 22.6. The number of rotatable bonds is 12. The Morgan fingerprint density at radius 3 is 1.64 bits per heavy atom. The number of carboxylic acid groups (broad SMARTS) is 4. The van der Waals surface area contributed by atoms with Crippen molar-refractivity contribution < 1.29 is 49.5 Å². The van der Waals surface area contributed by atoms with E-state index in [1.54, 1.807) is 23.9 Å². The summed E-state index contributed by atoms with van der Waals surface area (Å²) in [5.41, 5.74) is 16.8. The summed E-state index contributed by atoms with van der Waals surface area (Å²) < 4.78 is 0. The molecule has 0 radical (unpaired) electrons. The van der Waals surface area contributed by atoms with Gasteiger partial charge < -0.3 is 48.1 Å². The number of nitrogens with one attached hydrogen (secondary N) is 1. The molecule has 2 aromatic carbocycles. The van der Waals surface area contributed by atoms with Gasteiger partial charge in [-0.1, -0.05) is 42.5 Å². The number of carboxylic acids is 4. The number of hydrogen-bond donors (Lipinski definition) is 9. The second kappa shape index (κ2) is 23.5. The molecule has 3 unspecified atom stereocenters. The van der Waals surface area contributed by atoms with Crippen molar-refractivity contribution in [1.82, 2.24) is 5.32 Å². The molecule has 0 aliphatic rings. The molecule has 2 rings (SSSR count). The van der Waals surface area contributed by atoms with Gasteiger partial charge in [0.25, 0.3) is 0 Å². The molecule has 0 bridgehead atoms. The summed E-state index contributed by atoms with van der Waals surface area (Å²) in [6.45, 7) is 0.993. The van der Waals surface area contributed by atoms with Gasteiger partial charge in [0.05, 0.1) is 6.54 Å². The van der Waals surface area contributed by atoms with E-state index in [-0.39, 0.29) is 24.6 Å². The Morgan fingerprint density at radius 2 is 1.26 bits per heavy atom. The Morgan fingerprint density at radius 1 is 0.786 bits per heavy atom. The van der Waals surface area contributed by atoms with Crippen molar-refractivity contribution in [2.75, 3.05) is 18.6 Å². The van der Waals surface area contributed by atoms with Gasteiger partial charge in [0.1, 0.15) is 23.9 Å². The normalized spacial score (nSPS) is 11.7. The van der Waals surface area contributed by atoms with Crippen LogP contribution < -0.4 is 22.5 Å². The van der Waals surface area contributed by atoms with E-state index in [1.807, 2.05) is 36.6 Å². The van der Waals surface area contributed by atoms with Gasteiger partial charge in [0.15, 0.2) is 0 Å². The molecule has 0 spiro atoms. The first kappa shape index (κ1) is 40.0. The molecule has 15 heteroatoms. The third-order valence-corrected chi connectivity index (χ3v) is 5.44. The quantitative estimate of drug-likeness (QED) is 0.156. The number of nitrogens with two attached hydrogens (primary N) is 3. The van der Waals surface area contributed by atoms with Crippen LogP contribution in [-0.2, 0) is 36.8 Å². The largest absolute Gasteiger partial charge is 0.508 e. The van der Waals surface area contributed by atoms with E-state index in [9.17, 15) is 24.0 Å². The fraction of sp³-hybridized carbons (Fsp3) is 0.370. The van der Waals surface area contributed by atoms with Crippen molar-refractivity contribution in [1.29, 1.82) is 0 Å². The molecule has 0 aliphatic carbocycles. The zero-order chi connectivity index (χ0) is 32.7. The van der Waals surface area contributed by atoms with Gasteiger partial charge in [0, 0.05) is 13.3 Å². The van der Waals surface area contributed by atoms with Gasteiger partial charge in [-0.25, -0.2) is 4.79 Å². The van der Waals surface area contributed by atoms with Crippen LogP contribution in [0, 0.1) is 0 Å². The van der Waals surface area contributed by atoms with E-state index in [0.717, 1.165) is 16.9 Å². The second-order valence-corrected chi connectivity index (χ2v) is 9.41. The molecule has 2 aromatic rings. The maximum absolute atomic E-state index is 10.8. The highest BCUT2D eigenvalue weighted by Gasteiger charge is 2.18. The maximum Gasteiger partial charge on any atom is 0.326 e. The molecule has 14 nitrogen and oxygen atoms in total. The van der Waals surface area contributed by atoms with Gasteiger partial charge >= 0.3 is 23.9 Å². The summed E-state index contributed by atoms with van der Waals surface area (Å²) in [6, 6.07) is 13.1. The summed E-state index contributed by atoms with van der Waals surface area (Å²) in [5.74, 6) is -3.37. The lowest BCUT2D eigenvalue weighted by Crippen LogP contribution is -2.41. The van der Waals surface area contributed by atoms with Crippen LogP contribution in [0.15, 0.2) is 54.6 Å². The van der Waals surface area contributed by atoms with Crippen molar-refractivity contribution >= 4 is 41.5 Å². The van der Waals surface area contributed by atoms with Crippen molar-refractivity contribution in [2.24, 2.45) is 17.2 Å². The molecule has 234 valence electrons. The minimum atomic E-state index is -1.08. The number of carbonyl (C=O) groups is 5. The summed E-state index contributed by atoms with van der Waals surface area (Å²) in [5, 5.41) is 44.7. The minimum Gasteiger partial charge on any atom is -0.508 e. The lowest BCUT2D eigenvalue weighted by molar-refractivity contribution is -0.141. The standard InChI is InChI=1S/C11H13NO4.C9H11NO2.C5H11NO2S.C2H5NO2/c1-7(13)12-10(11(15)16)6-8-2-4-9(14)5-3-8;10-8(9(11)12)6-7-4-2-1-3-5-7;1-9-3-2-4(6)5(7)8;3-1-2(4)5/h2-5,10,14H,6H2,1H3,(H,12,13)(H,15,16);1-5,8H,6,10H2,(H,11,12);4H,2-3,6H2,1H3,(H,7,8);1,3H2,(H,4,5). The number of phenolic OH excluding ortho intramolecular Hbond substituents is 1. The van der Waals surface area contributed by atoms with Gasteiger partial charge in [-0.2, -0.15) is 11.8 Å². The Hall–Kier alpha value is -4.18. The first-order valence-corrected chi connectivity index (χ1v) is 13.7. The van der Waals surface area contributed by atoms with Crippen LogP contribution in [0.25, 0.3) is 0 Å². The molecular formula is C27H40N4O10S. The zero-order valence-corrected chi connectivity index (χ0v) is 24.2. The molecule has 0 aromatic heterocycles. The number of phenols is 1. The smallest absolute Gasteiger partial charge is 0.326 e. The molecule has 42 heavy (non-hydrogen) atoms. The van der Waals surface area contributed by atoms with Gasteiger partial charge in [-0.05, 0) is 48.1 Å². The van der Waals surface area contributed by atoms with Crippen molar-refractivity contribution in [2.45, 2.75) is 44.3 Å². The van der Waals surface area contributed by atoms with E-state index < -0.39 is 42.0 Å². The summed E-state index contributed by atoms with van der Waals surface area (Å²) in [7, 11) is 0. The summed E-state index contributed by atoms with van der Waals surface area (Å²) in [4.78, 5) is 51.3. The van der Waals surface area contributed by atoms with Crippen molar-refractivity contribution in [3.8, 4) is 5.75 Å². The predicted molar refractivity (Wildman–Crippen MR) is 158 cm³/mol. The van der Waals surface area contributed by atoms with Gasteiger partial charge in [-0.15, -0.1) is 0 Å². The first-order valence-electron chi connectivity index (χ1n) is 12.3. The highest BCUT2D eigenvalue weighted by Crippen LogP contribution is 2.11. The molecule has 0 saturated carbocycles. The van der Waals surface area contributed by atoms with Crippen LogP contribution in [0.4, 0.5) is 0 Å². The maximum atomic E-state index is 10.8. The van der Waals surface area contributed by atoms with Gasteiger partial charge in [0.2, 0.25) is 5.91 Å². The Balaban J connectivity index is 0. The lowest BCUT2D eigenvalue weighted by Gasteiger charge is -2.13. The number of thioether (sulfide) groups is 1. The van der Waals surface area contributed by atoms with Crippen LogP contribution >= 0.6 is 11.8 Å². The number of amides is 1. The van der Waals surface area contributed by atoms with Crippen molar-refractivity contribution in [3.63, 3.8) is 0 Å². The van der Waals surface area contributed by atoms with Crippen LogP contribution in [0.5, 0.6) is 5.75 Å². The van der Waals surface area contributed by atoms with E-state index in [2.05, 4.69) is 11.1 Å². The Kier molecular flexibility index (Phi) is 22.4. The number of carbonyl (C=O) groups excluding carboxylic acids is 1. The molecule has 12 N–H and O–H groups in total. The van der Waals surface area contributed by atoms with E-state index in [0.29, 0.717) is 12.8 Å². The zero-order valence-electron chi connectivity index (χ0n) is 23.4. The highest BCUT2D eigenvalue weighted by molar-refractivity contribution is 7.98. The topological polar surface area (TPSA) is 277 Å². The lowest BCUT2D eigenvalue weighted by atomic mass is 10.1. The fourth-order valence-electron chi connectivity index (χ4n) is 2.64. The average molecular weight is 613 g/mol. The second-order valence-electron chi connectivity index (χ2n) is 8.42. The highest BCUT2D eigenvalue weighted by atomic mass is 32.2. The van der Waals surface area contributed by atoms with E-state index in [1.165, 1.54) is 19.1 Å². The summed E-state index contributed by atoms with van der Waals surface area (Å²) in [6.07, 6.45) is 3.05. The van der Waals surface area contributed by atoms with Crippen LogP contribution in [-0.4, -0.2) is 92.0 Å². The number of hydrogen-bond acceptors (Lipinski definition) is 10. The number of benzene rings is 2. The van der Waals surface area contributed by atoms with Crippen LogP contribution in [0.2, 0.25) is 0 Å². The third-order valence-electron chi connectivity index (χ3n) is 4.79. The molecule has 1 amide bonds. The first-order chi connectivity index (χ1) is 19.6. The predicted octanol–water partition coefficient (Wildman–Crippen LogP) is 0.346. The molecule has 3 atom stereocenters. The SMILES string of the molecule is CC(=O)NC(Cc1ccc(O)cc1)C(=O)O.CSCCC(N)C(=O)O.NC(Cc1ccccc1)C(=O)O.NCC(=O)O.